The minimum Gasteiger partial charge on any atom is -0.378 e. The molecule has 2 aromatic heterocycles. The molecule has 2 aromatic rings. The van der Waals surface area contributed by atoms with E-state index in [0.717, 1.165) is 38.5 Å². The molecule has 4 rings (SSSR count). The van der Waals surface area contributed by atoms with Gasteiger partial charge in [0.2, 0.25) is 5.95 Å². The minimum absolute atomic E-state index is 0.0696. The summed E-state index contributed by atoms with van der Waals surface area (Å²) in [6.45, 7) is 8.05. The minimum atomic E-state index is -4.53. The zero-order valence-electron chi connectivity index (χ0n) is 23.0. The standard InChI is InChI=1S/C24H40N8O6S/c1-15(33)31(16(2)34)23-25-19-20(21(27-23)29-11-7-5-8-12-29)26-24(28-22(19)30-13-9-6-10-14-30)39(37,38)32(17(3)35)18(4)36/h15-18,33-36H,5-14H2,1-4H3. The third-order valence-corrected chi connectivity index (χ3v) is 8.88. The summed E-state index contributed by atoms with van der Waals surface area (Å²) < 4.78 is 27.9. The summed E-state index contributed by atoms with van der Waals surface area (Å²) in [6.07, 6.45) is 0.371. The highest BCUT2D eigenvalue weighted by molar-refractivity contribution is 7.89. The number of aromatic nitrogens is 4. The lowest BCUT2D eigenvalue weighted by atomic mass is 10.1. The van der Waals surface area contributed by atoms with Crippen molar-refractivity contribution in [3.8, 4) is 0 Å². The van der Waals surface area contributed by atoms with Gasteiger partial charge in [-0.1, -0.05) is 0 Å². The van der Waals surface area contributed by atoms with Gasteiger partial charge in [0.25, 0.3) is 15.2 Å². The molecule has 4 atom stereocenters. The molecule has 0 amide bonds. The number of aliphatic hydroxyl groups is 4. The van der Waals surface area contributed by atoms with E-state index in [0.29, 0.717) is 41.8 Å². The van der Waals surface area contributed by atoms with Gasteiger partial charge in [0.05, 0.1) is 0 Å². The normalized spacial score (nSPS) is 20.2. The van der Waals surface area contributed by atoms with Crippen molar-refractivity contribution < 1.29 is 28.8 Å². The fraction of sp³-hybridized carbons (Fsp3) is 0.750. The van der Waals surface area contributed by atoms with Crippen LogP contribution >= 0.6 is 0 Å². The van der Waals surface area contributed by atoms with Crippen molar-refractivity contribution >= 4 is 38.6 Å². The maximum absolute atomic E-state index is 13.7. The van der Waals surface area contributed by atoms with E-state index in [1.54, 1.807) is 0 Å². The Balaban J connectivity index is 2.05. The van der Waals surface area contributed by atoms with E-state index in [4.69, 9.17) is 4.98 Å². The highest BCUT2D eigenvalue weighted by Gasteiger charge is 2.37. The van der Waals surface area contributed by atoms with Gasteiger partial charge in [0, 0.05) is 26.2 Å². The molecule has 0 saturated carbocycles. The molecule has 14 nitrogen and oxygen atoms in total. The van der Waals surface area contributed by atoms with Gasteiger partial charge in [-0.3, -0.25) is 4.90 Å². The zero-order valence-corrected chi connectivity index (χ0v) is 23.8. The van der Waals surface area contributed by atoms with Crippen LogP contribution in [0.1, 0.15) is 66.2 Å². The first-order valence-electron chi connectivity index (χ1n) is 13.6. The van der Waals surface area contributed by atoms with E-state index in [2.05, 4.69) is 15.0 Å². The summed E-state index contributed by atoms with van der Waals surface area (Å²) in [5.74, 6) is 0.728. The molecule has 4 heterocycles. The van der Waals surface area contributed by atoms with Gasteiger partial charge in [-0.15, -0.1) is 4.31 Å². The second-order valence-corrected chi connectivity index (χ2v) is 12.0. The molecule has 4 unspecified atom stereocenters. The van der Waals surface area contributed by atoms with Crippen molar-refractivity contribution in [2.24, 2.45) is 0 Å². The lowest BCUT2D eigenvalue weighted by molar-refractivity contribution is -0.0242. The van der Waals surface area contributed by atoms with Crippen molar-refractivity contribution in [3.05, 3.63) is 0 Å². The summed E-state index contributed by atoms with van der Waals surface area (Å²) >= 11 is 0. The molecule has 0 spiro atoms. The lowest BCUT2D eigenvalue weighted by Crippen LogP contribution is -2.45. The Labute approximate surface area is 229 Å². The van der Waals surface area contributed by atoms with Gasteiger partial charge in [-0.2, -0.15) is 9.97 Å². The molecule has 2 saturated heterocycles. The average Bonchev–Trinajstić information content (AvgIpc) is 2.87. The molecule has 0 bridgehead atoms. The van der Waals surface area contributed by atoms with Gasteiger partial charge in [-0.05, 0) is 66.2 Å². The molecule has 0 radical (unpaired) electrons. The Kier molecular flexibility index (Phi) is 9.08. The van der Waals surface area contributed by atoms with Crippen LogP contribution < -0.4 is 14.7 Å². The maximum atomic E-state index is 13.7. The number of rotatable bonds is 9. The first kappa shape index (κ1) is 29.6. The third-order valence-electron chi connectivity index (χ3n) is 7.07. The van der Waals surface area contributed by atoms with Crippen molar-refractivity contribution in [1.29, 1.82) is 0 Å². The topological polar surface area (TPSA) is 180 Å². The van der Waals surface area contributed by atoms with Crippen molar-refractivity contribution in [1.82, 2.24) is 24.2 Å². The average molecular weight is 569 g/mol. The Hall–Kier alpha value is -2.43. The van der Waals surface area contributed by atoms with Crippen molar-refractivity contribution in [2.45, 2.75) is 96.3 Å². The van der Waals surface area contributed by atoms with Crippen LogP contribution in [0.5, 0.6) is 0 Å². The number of fused-ring (bicyclic) bond motifs is 1. The van der Waals surface area contributed by atoms with Gasteiger partial charge in [-0.25, -0.2) is 18.4 Å². The van der Waals surface area contributed by atoms with E-state index >= 15 is 0 Å². The Morgan fingerprint density at radius 1 is 0.641 bits per heavy atom. The van der Waals surface area contributed by atoms with Crippen LogP contribution in [0.4, 0.5) is 17.6 Å². The number of nitrogens with zero attached hydrogens (tertiary/aromatic N) is 8. The van der Waals surface area contributed by atoms with Crippen molar-refractivity contribution in [2.75, 3.05) is 40.9 Å². The van der Waals surface area contributed by atoms with Crippen LogP contribution in [-0.4, -0.2) is 104 Å². The summed E-state index contributed by atoms with van der Waals surface area (Å²) in [7, 11) is -4.53. The van der Waals surface area contributed by atoms with Crippen LogP contribution in [0.15, 0.2) is 5.16 Å². The Morgan fingerprint density at radius 2 is 1.08 bits per heavy atom. The van der Waals surface area contributed by atoms with Crippen LogP contribution in [-0.2, 0) is 10.0 Å². The van der Waals surface area contributed by atoms with E-state index in [9.17, 15) is 28.8 Å². The zero-order chi connectivity index (χ0) is 28.5. The number of anilines is 3. The number of hydrogen-bond acceptors (Lipinski definition) is 13. The first-order valence-corrected chi connectivity index (χ1v) is 15.0. The summed E-state index contributed by atoms with van der Waals surface area (Å²) in [5.41, 5.74) is 0.510. The smallest absolute Gasteiger partial charge is 0.283 e. The lowest BCUT2D eigenvalue weighted by Gasteiger charge is -2.33. The van der Waals surface area contributed by atoms with E-state index in [1.807, 2.05) is 9.80 Å². The molecule has 2 fully saturated rings. The molecule has 2 aliphatic heterocycles. The predicted molar refractivity (Wildman–Crippen MR) is 145 cm³/mol. The molecule has 39 heavy (non-hydrogen) atoms. The van der Waals surface area contributed by atoms with Crippen LogP contribution in [0.2, 0.25) is 0 Å². The molecule has 218 valence electrons. The third kappa shape index (κ3) is 6.02. The molecule has 0 aliphatic carbocycles. The summed E-state index contributed by atoms with van der Waals surface area (Å²) in [4.78, 5) is 23.5. The summed E-state index contributed by atoms with van der Waals surface area (Å²) in [6, 6.07) is 0. The quantitative estimate of drug-likeness (QED) is 0.244. The van der Waals surface area contributed by atoms with E-state index < -0.39 is 40.1 Å². The highest BCUT2D eigenvalue weighted by atomic mass is 32.2. The highest BCUT2D eigenvalue weighted by Crippen LogP contribution is 2.35. The van der Waals surface area contributed by atoms with Crippen LogP contribution in [0.25, 0.3) is 11.0 Å². The van der Waals surface area contributed by atoms with Gasteiger partial charge in [0.1, 0.15) is 35.9 Å². The van der Waals surface area contributed by atoms with Gasteiger partial charge < -0.3 is 30.2 Å². The number of hydrogen-bond donors (Lipinski definition) is 4. The second-order valence-electron chi connectivity index (χ2n) is 10.2. The van der Waals surface area contributed by atoms with Crippen LogP contribution in [0.3, 0.4) is 0 Å². The SMILES string of the molecule is CC(O)N(c1nc(N2CCCCC2)c2nc(S(=O)(=O)N(C(C)O)C(C)O)nc(N3CCCCC3)c2n1)C(C)O. The number of piperidine rings is 2. The monoisotopic (exact) mass is 568 g/mol. The first-order chi connectivity index (χ1) is 18.4. The second kappa shape index (κ2) is 12.0. The molecular formula is C24H40N8O6S. The fourth-order valence-electron chi connectivity index (χ4n) is 5.29. The molecular weight excluding hydrogens is 528 g/mol. The molecule has 4 N–H and O–H groups in total. The Morgan fingerprint density at radius 3 is 1.51 bits per heavy atom. The number of aliphatic hydroxyl groups excluding tert-OH is 4. The van der Waals surface area contributed by atoms with E-state index in [1.165, 1.54) is 32.6 Å². The summed E-state index contributed by atoms with van der Waals surface area (Å²) in [5, 5.41) is 40.7. The molecule has 0 aromatic carbocycles. The molecule has 2 aliphatic rings. The maximum Gasteiger partial charge on any atom is 0.283 e. The largest absolute Gasteiger partial charge is 0.378 e. The fourth-order valence-corrected chi connectivity index (χ4v) is 6.69. The number of sulfonamides is 1. The van der Waals surface area contributed by atoms with Crippen molar-refractivity contribution in [3.63, 3.8) is 0 Å². The molecule has 15 heteroatoms. The predicted octanol–water partition coefficient (Wildman–Crippen LogP) is 0.551. The van der Waals surface area contributed by atoms with Gasteiger partial charge >= 0.3 is 0 Å². The van der Waals surface area contributed by atoms with Gasteiger partial charge in [0.15, 0.2) is 11.6 Å². The van der Waals surface area contributed by atoms with E-state index in [-0.39, 0.29) is 17.3 Å². The Bertz CT molecular complexity index is 1230. The van der Waals surface area contributed by atoms with Crippen LogP contribution in [0, 0.1) is 0 Å².